The summed E-state index contributed by atoms with van der Waals surface area (Å²) in [5.41, 5.74) is 1.05. The molecule has 2 aliphatic heterocycles. The van der Waals surface area contributed by atoms with Crippen LogP contribution >= 0.6 is 11.8 Å². The molecular formula is C22H31N5OS. The number of hydrogen-bond donors (Lipinski definition) is 0. The van der Waals surface area contributed by atoms with Gasteiger partial charge in [0.15, 0.2) is 5.16 Å². The number of likely N-dealkylation sites (tertiary alicyclic amines) is 1. The molecule has 0 atom stereocenters. The van der Waals surface area contributed by atoms with Crippen LogP contribution in [-0.4, -0.2) is 57.5 Å². The molecule has 3 heterocycles. The van der Waals surface area contributed by atoms with Gasteiger partial charge < -0.3 is 9.80 Å². The Balaban J connectivity index is 1.50. The van der Waals surface area contributed by atoms with E-state index in [1.807, 2.05) is 23.1 Å². The molecule has 1 amide bonds. The topological polar surface area (TPSA) is 54.3 Å². The number of carbonyl (C=O) groups is 1. The van der Waals surface area contributed by atoms with E-state index in [0.717, 1.165) is 55.8 Å². The van der Waals surface area contributed by atoms with E-state index in [4.69, 9.17) is 0 Å². The average Bonchev–Trinajstić information content (AvgIpc) is 3.17. The smallest absolute Gasteiger partial charge is 0.233 e. The summed E-state index contributed by atoms with van der Waals surface area (Å²) in [7, 11) is 0. The van der Waals surface area contributed by atoms with Gasteiger partial charge in [-0.25, -0.2) is 0 Å². The molecule has 0 saturated carbocycles. The molecule has 6 nitrogen and oxygen atoms in total. The fourth-order valence-corrected chi connectivity index (χ4v) is 5.02. The Kier molecular flexibility index (Phi) is 7.09. The molecule has 4 rings (SSSR count). The highest BCUT2D eigenvalue weighted by Crippen LogP contribution is 2.28. The van der Waals surface area contributed by atoms with Crippen molar-refractivity contribution in [3.63, 3.8) is 0 Å². The molecule has 7 heteroatoms. The third-order valence-electron chi connectivity index (χ3n) is 5.80. The van der Waals surface area contributed by atoms with E-state index < -0.39 is 0 Å². The van der Waals surface area contributed by atoms with Gasteiger partial charge in [0.05, 0.1) is 11.4 Å². The number of anilines is 1. The summed E-state index contributed by atoms with van der Waals surface area (Å²) in [6, 6.07) is 10.3. The van der Waals surface area contributed by atoms with E-state index in [0.29, 0.717) is 5.75 Å². The van der Waals surface area contributed by atoms with Gasteiger partial charge in [0.25, 0.3) is 0 Å². The van der Waals surface area contributed by atoms with Gasteiger partial charge >= 0.3 is 0 Å². The first-order valence-corrected chi connectivity index (χ1v) is 12.0. The quantitative estimate of drug-likeness (QED) is 0.690. The van der Waals surface area contributed by atoms with Gasteiger partial charge in [0.1, 0.15) is 0 Å². The highest BCUT2D eigenvalue weighted by Gasteiger charge is 2.23. The maximum Gasteiger partial charge on any atom is 0.233 e. The average molecular weight is 414 g/mol. The Morgan fingerprint density at radius 1 is 0.828 bits per heavy atom. The minimum Gasteiger partial charge on any atom is -0.342 e. The maximum atomic E-state index is 12.8. The number of rotatable bonds is 5. The van der Waals surface area contributed by atoms with Crippen LogP contribution in [0.5, 0.6) is 0 Å². The van der Waals surface area contributed by atoms with E-state index in [1.165, 1.54) is 50.3 Å². The fourth-order valence-electron chi connectivity index (χ4n) is 4.17. The number of para-hydroxylation sites is 1. The normalized spacial score (nSPS) is 18.3. The molecule has 1 aromatic heterocycles. The van der Waals surface area contributed by atoms with Crippen LogP contribution in [0.3, 0.4) is 0 Å². The van der Waals surface area contributed by atoms with Gasteiger partial charge in [-0.1, -0.05) is 49.2 Å². The van der Waals surface area contributed by atoms with Crippen LogP contribution in [0.25, 0.3) is 5.69 Å². The Bertz CT molecular complexity index is 780. The zero-order valence-corrected chi connectivity index (χ0v) is 17.9. The molecule has 0 radical (unpaired) electrons. The zero-order valence-electron chi connectivity index (χ0n) is 17.1. The van der Waals surface area contributed by atoms with E-state index in [2.05, 4.69) is 31.8 Å². The summed E-state index contributed by atoms with van der Waals surface area (Å²) in [6.07, 6.45) is 9.68. The number of amides is 1. The molecule has 29 heavy (non-hydrogen) atoms. The monoisotopic (exact) mass is 413 g/mol. The third kappa shape index (κ3) is 5.13. The highest BCUT2D eigenvalue weighted by molar-refractivity contribution is 7.99. The van der Waals surface area contributed by atoms with Crippen molar-refractivity contribution in [2.45, 2.75) is 56.5 Å². The van der Waals surface area contributed by atoms with Crippen molar-refractivity contribution < 1.29 is 4.79 Å². The minimum atomic E-state index is 0.221. The second-order valence-corrected chi connectivity index (χ2v) is 8.88. The van der Waals surface area contributed by atoms with Crippen LogP contribution in [0.4, 0.5) is 5.95 Å². The number of piperidine rings is 1. The zero-order chi connectivity index (χ0) is 19.9. The van der Waals surface area contributed by atoms with Gasteiger partial charge in [-0.15, -0.1) is 10.2 Å². The first-order valence-electron chi connectivity index (χ1n) is 11.0. The fraction of sp³-hybridized carbons (Fsp3) is 0.591. The Morgan fingerprint density at radius 3 is 2.17 bits per heavy atom. The van der Waals surface area contributed by atoms with Crippen molar-refractivity contribution in [1.82, 2.24) is 19.7 Å². The van der Waals surface area contributed by atoms with Gasteiger partial charge in [-0.3, -0.25) is 9.36 Å². The predicted molar refractivity (Wildman–Crippen MR) is 118 cm³/mol. The molecule has 0 unspecified atom stereocenters. The van der Waals surface area contributed by atoms with Gasteiger partial charge in [-0.2, -0.15) is 0 Å². The van der Waals surface area contributed by atoms with Crippen molar-refractivity contribution >= 4 is 23.6 Å². The van der Waals surface area contributed by atoms with Crippen LogP contribution in [0.15, 0.2) is 35.5 Å². The maximum absolute atomic E-state index is 12.8. The SMILES string of the molecule is O=C(CSc1nnc(N2CCCCC2)n1-c1ccccc1)N1CCCCCCC1. The Morgan fingerprint density at radius 2 is 1.45 bits per heavy atom. The molecule has 156 valence electrons. The number of benzene rings is 1. The lowest BCUT2D eigenvalue weighted by Crippen LogP contribution is -2.35. The van der Waals surface area contributed by atoms with Crippen LogP contribution in [0, 0.1) is 0 Å². The largest absolute Gasteiger partial charge is 0.342 e. The molecular weight excluding hydrogens is 382 g/mol. The second kappa shape index (κ2) is 10.1. The second-order valence-electron chi connectivity index (χ2n) is 7.94. The van der Waals surface area contributed by atoms with E-state index >= 15 is 0 Å². The minimum absolute atomic E-state index is 0.221. The number of thioether (sulfide) groups is 1. The Hall–Kier alpha value is -2.02. The first kappa shape index (κ1) is 20.3. The van der Waals surface area contributed by atoms with Gasteiger partial charge in [-0.05, 0) is 44.2 Å². The molecule has 0 N–H and O–H groups in total. The van der Waals surface area contributed by atoms with E-state index in [-0.39, 0.29) is 5.91 Å². The summed E-state index contributed by atoms with van der Waals surface area (Å²) in [5.74, 6) is 1.54. The predicted octanol–water partition coefficient (Wildman–Crippen LogP) is 4.14. The van der Waals surface area contributed by atoms with Crippen LogP contribution in [0.1, 0.15) is 51.4 Å². The Labute approximate surface area is 177 Å². The lowest BCUT2D eigenvalue weighted by atomic mass is 10.1. The van der Waals surface area contributed by atoms with Crippen molar-refractivity contribution in [3.8, 4) is 5.69 Å². The van der Waals surface area contributed by atoms with Crippen molar-refractivity contribution in [2.75, 3.05) is 36.8 Å². The lowest BCUT2D eigenvalue weighted by molar-refractivity contribution is -0.128. The molecule has 2 fully saturated rings. The van der Waals surface area contributed by atoms with Crippen molar-refractivity contribution in [3.05, 3.63) is 30.3 Å². The van der Waals surface area contributed by atoms with Crippen molar-refractivity contribution in [1.29, 1.82) is 0 Å². The van der Waals surface area contributed by atoms with Crippen molar-refractivity contribution in [2.24, 2.45) is 0 Å². The summed E-state index contributed by atoms with van der Waals surface area (Å²) < 4.78 is 2.12. The van der Waals surface area contributed by atoms with E-state index in [9.17, 15) is 4.79 Å². The third-order valence-corrected chi connectivity index (χ3v) is 6.72. The molecule has 0 aliphatic carbocycles. The van der Waals surface area contributed by atoms with E-state index in [1.54, 1.807) is 0 Å². The summed E-state index contributed by atoms with van der Waals surface area (Å²) in [4.78, 5) is 17.2. The number of hydrogen-bond acceptors (Lipinski definition) is 5. The van der Waals surface area contributed by atoms with Crippen LogP contribution in [-0.2, 0) is 4.79 Å². The van der Waals surface area contributed by atoms with Crippen LogP contribution in [0.2, 0.25) is 0 Å². The first-order chi connectivity index (χ1) is 14.3. The molecule has 2 saturated heterocycles. The summed E-state index contributed by atoms with van der Waals surface area (Å²) in [5, 5.41) is 9.81. The highest BCUT2D eigenvalue weighted by atomic mass is 32.2. The molecule has 0 spiro atoms. The molecule has 1 aromatic carbocycles. The molecule has 2 aliphatic rings. The van der Waals surface area contributed by atoms with Gasteiger partial charge in [0.2, 0.25) is 11.9 Å². The number of nitrogens with zero attached hydrogens (tertiary/aromatic N) is 5. The number of aromatic nitrogens is 3. The van der Waals surface area contributed by atoms with Gasteiger partial charge in [0, 0.05) is 26.2 Å². The van der Waals surface area contributed by atoms with Crippen LogP contribution < -0.4 is 4.90 Å². The molecule has 2 aromatic rings. The lowest BCUT2D eigenvalue weighted by Gasteiger charge is -2.28. The molecule has 0 bridgehead atoms. The summed E-state index contributed by atoms with van der Waals surface area (Å²) >= 11 is 1.51. The number of carbonyl (C=O) groups excluding carboxylic acids is 1. The standard InChI is InChI=1S/C22H31N5OS/c28-20(25-14-8-2-1-3-9-15-25)18-29-22-24-23-21(26-16-10-5-11-17-26)27(22)19-12-6-4-7-13-19/h4,6-7,12-13H,1-3,5,8-11,14-18H2. The summed E-state index contributed by atoms with van der Waals surface area (Å²) in [6.45, 7) is 3.82.